The van der Waals surface area contributed by atoms with Crippen molar-refractivity contribution in [2.24, 2.45) is 0 Å². The number of halogens is 1. The Kier molecular flexibility index (Phi) is 3.72. The minimum atomic E-state index is 0.721. The molecule has 0 atom stereocenters. The van der Waals surface area contributed by atoms with Crippen LogP contribution in [0.25, 0.3) is 0 Å². The van der Waals surface area contributed by atoms with Crippen LogP contribution in [0.5, 0.6) is 0 Å². The number of benzene rings is 1. The Morgan fingerprint density at radius 1 is 1.44 bits per heavy atom. The van der Waals surface area contributed by atoms with Gasteiger partial charge < -0.3 is 10.2 Å². The second-order valence-corrected chi connectivity index (χ2v) is 4.77. The van der Waals surface area contributed by atoms with Crippen molar-refractivity contribution in [3.05, 3.63) is 28.8 Å². The number of rotatable bonds is 5. The molecule has 0 heterocycles. The zero-order valence-electron chi connectivity index (χ0n) is 9.96. The molecule has 0 amide bonds. The van der Waals surface area contributed by atoms with Crippen LogP contribution in [0, 0.1) is 0 Å². The molecule has 0 aliphatic heterocycles. The van der Waals surface area contributed by atoms with E-state index in [0.29, 0.717) is 0 Å². The van der Waals surface area contributed by atoms with Gasteiger partial charge in [-0.25, -0.2) is 0 Å². The van der Waals surface area contributed by atoms with E-state index in [1.54, 1.807) is 0 Å². The lowest BCUT2D eigenvalue weighted by molar-refractivity contribution is 0.723. The number of hydrogen-bond donors (Lipinski definition) is 1. The Labute approximate surface area is 103 Å². The molecule has 1 fully saturated rings. The summed E-state index contributed by atoms with van der Waals surface area (Å²) in [7, 11) is 2.17. The third kappa shape index (κ3) is 2.50. The molecule has 1 N–H and O–H groups in total. The zero-order valence-corrected chi connectivity index (χ0v) is 10.7. The van der Waals surface area contributed by atoms with Crippen LogP contribution in [0.15, 0.2) is 18.2 Å². The van der Waals surface area contributed by atoms with Crippen LogP contribution >= 0.6 is 11.6 Å². The van der Waals surface area contributed by atoms with Crippen LogP contribution in [0.2, 0.25) is 5.02 Å². The molecule has 0 saturated heterocycles. The fourth-order valence-corrected chi connectivity index (χ4v) is 2.20. The van der Waals surface area contributed by atoms with Gasteiger partial charge in [-0.1, -0.05) is 24.6 Å². The molecule has 16 heavy (non-hydrogen) atoms. The smallest absolute Gasteiger partial charge is 0.0471 e. The molecule has 2 rings (SSSR count). The first-order valence-corrected chi connectivity index (χ1v) is 6.32. The second-order valence-electron chi connectivity index (χ2n) is 4.36. The van der Waals surface area contributed by atoms with Gasteiger partial charge in [-0.3, -0.25) is 0 Å². The summed E-state index contributed by atoms with van der Waals surface area (Å²) in [5, 5.41) is 4.22. The molecule has 1 saturated carbocycles. The number of nitrogens with one attached hydrogen (secondary N) is 1. The first-order valence-electron chi connectivity index (χ1n) is 5.95. The van der Waals surface area contributed by atoms with Gasteiger partial charge in [-0.05, 0) is 31.5 Å². The molecule has 0 radical (unpaired) electrons. The van der Waals surface area contributed by atoms with Gasteiger partial charge in [0.05, 0.1) is 0 Å². The summed E-state index contributed by atoms with van der Waals surface area (Å²) < 4.78 is 0. The van der Waals surface area contributed by atoms with Crippen molar-refractivity contribution < 1.29 is 0 Å². The predicted octanol–water partition coefficient (Wildman–Crippen LogP) is 3.05. The maximum Gasteiger partial charge on any atom is 0.0471 e. The number of anilines is 1. The van der Waals surface area contributed by atoms with E-state index in [1.807, 2.05) is 12.1 Å². The summed E-state index contributed by atoms with van der Waals surface area (Å²) in [5.74, 6) is 0. The van der Waals surface area contributed by atoms with Crippen molar-refractivity contribution in [3.63, 3.8) is 0 Å². The monoisotopic (exact) mass is 238 g/mol. The first kappa shape index (κ1) is 11.7. The maximum absolute atomic E-state index is 6.27. The Bertz CT molecular complexity index is 361. The minimum absolute atomic E-state index is 0.721. The molecule has 3 heteroatoms. The molecule has 1 aromatic carbocycles. The summed E-state index contributed by atoms with van der Waals surface area (Å²) in [6.07, 6.45) is 2.62. The average Bonchev–Trinajstić information content (AvgIpc) is 3.10. The molecule has 0 bridgehead atoms. The Morgan fingerprint density at radius 3 is 2.81 bits per heavy atom. The van der Waals surface area contributed by atoms with Gasteiger partial charge in [0, 0.05) is 35.9 Å². The van der Waals surface area contributed by atoms with E-state index < -0.39 is 0 Å². The fourth-order valence-electron chi connectivity index (χ4n) is 1.96. The van der Waals surface area contributed by atoms with Gasteiger partial charge in [0.1, 0.15) is 0 Å². The lowest BCUT2D eigenvalue weighted by atomic mass is 10.1. The highest BCUT2D eigenvalue weighted by atomic mass is 35.5. The minimum Gasteiger partial charge on any atom is -0.371 e. The third-order valence-electron chi connectivity index (χ3n) is 3.12. The van der Waals surface area contributed by atoms with Gasteiger partial charge in [0.15, 0.2) is 0 Å². The molecule has 1 aliphatic rings. The summed E-state index contributed by atoms with van der Waals surface area (Å²) in [6, 6.07) is 6.89. The lowest BCUT2D eigenvalue weighted by Gasteiger charge is -2.23. The summed E-state index contributed by atoms with van der Waals surface area (Å²) in [5.41, 5.74) is 2.50. The molecule has 0 unspecified atom stereocenters. The van der Waals surface area contributed by atoms with Crippen LogP contribution in [0.1, 0.15) is 25.3 Å². The molecular weight excluding hydrogens is 220 g/mol. The van der Waals surface area contributed by atoms with Gasteiger partial charge in [0.25, 0.3) is 0 Å². The average molecular weight is 239 g/mol. The van der Waals surface area contributed by atoms with Crippen LogP contribution in [-0.4, -0.2) is 19.6 Å². The SMILES string of the molecule is CCNCc1c(Cl)cccc1N(C)C1CC1. The molecular formula is C13H19ClN2. The van der Waals surface area contributed by atoms with E-state index in [9.17, 15) is 0 Å². The second kappa shape index (κ2) is 5.07. The van der Waals surface area contributed by atoms with Crippen molar-refractivity contribution in [2.75, 3.05) is 18.5 Å². The van der Waals surface area contributed by atoms with Gasteiger partial charge in [-0.2, -0.15) is 0 Å². The Hall–Kier alpha value is -0.730. The number of hydrogen-bond acceptors (Lipinski definition) is 2. The van der Waals surface area contributed by atoms with E-state index in [0.717, 1.165) is 24.2 Å². The standard InChI is InChI=1S/C13H19ClN2/c1-3-15-9-11-12(14)5-4-6-13(11)16(2)10-7-8-10/h4-6,10,15H,3,7-9H2,1-2H3. The molecule has 0 spiro atoms. The quantitative estimate of drug-likeness (QED) is 0.848. The molecule has 1 aromatic rings. The van der Waals surface area contributed by atoms with E-state index in [1.165, 1.54) is 24.1 Å². The first-order chi connectivity index (χ1) is 7.74. The predicted molar refractivity (Wildman–Crippen MR) is 70.3 cm³/mol. The normalized spacial score (nSPS) is 15.2. The highest BCUT2D eigenvalue weighted by Crippen LogP contribution is 2.34. The highest BCUT2D eigenvalue weighted by molar-refractivity contribution is 6.31. The van der Waals surface area contributed by atoms with Crippen LogP contribution in [0.3, 0.4) is 0 Å². The molecule has 0 aromatic heterocycles. The van der Waals surface area contributed by atoms with Crippen molar-refractivity contribution in [1.82, 2.24) is 5.32 Å². The summed E-state index contributed by atoms with van der Waals surface area (Å²) in [4.78, 5) is 2.36. The highest BCUT2D eigenvalue weighted by Gasteiger charge is 2.27. The van der Waals surface area contributed by atoms with Crippen LogP contribution in [-0.2, 0) is 6.54 Å². The van der Waals surface area contributed by atoms with Gasteiger partial charge in [-0.15, -0.1) is 0 Å². The zero-order chi connectivity index (χ0) is 11.5. The van der Waals surface area contributed by atoms with Crippen molar-refractivity contribution in [1.29, 1.82) is 0 Å². The Balaban J connectivity index is 2.23. The largest absolute Gasteiger partial charge is 0.371 e. The van der Waals surface area contributed by atoms with Crippen LogP contribution < -0.4 is 10.2 Å². The van der Waals surface area contributed by atoms with Gasteiger partial charge in [0.2, 0.25) is 0 Å². The topological polar surface area (TPSA) is 15.3 Å². The molecule has 88 valence electrons. The fraction of sp³-hybridized carbons (Fsp3) is 0.538. The third-order valence-corrected chi connectivity index (χ3v) is 3.47. The summed E-state index contributed by atoms with van der Waals surface area (Å²) >= 11 is 6.27. The van der Waals surface area contributed by atoms with E-state index in [2.05, 4.69) is 30.3 Å². The number of nitrogens with zero attached hydrogens (tertiary/aromatic N) is 1. The van der Waals surface area contributed by atoms with Crippen LogP contribution in [0.4, 0.5) is 5.69 Å². The van der Waals surface area contributed by atoms with Gasteiger partial charge >= 0.3 is 0 Å². The van der Waals surface area contributed by atoms with E-state index in [4.69, 9.17) is 11.6 Å². The van der Waals surface area contributed by atoms with E-state index in [-0.39, 0.29) is 0 Å². The summed E-state index contributed by atoms with van der Waals surface area (Å²) in [6.45, 7) is 3.93. The Morgan fingerprint density at radius 2 is 2.19 bits per heavy atom. The van der Waals surface area contributed by atoms with Crippen molar-refractivity contribution in [3.8, 4) is 0 Å². The maximum atomic E-state index is 6.27. The van der Waals surface area contributed by atoms with E-state index >= 15 is 0 Å². The van der Waals surface area contributed by atoms with Crippen molar-refractivity contribution >= 4 is 17.3 Å². The molecule has 2 nitrogen and oxygen atoms in total. The molecule has 1 aliphatic carbocycles. The van der Waals surface area contributed by atoms with Crippen molar-refractivity contribution in [2.45, 2.75) is 32.4 Å². The lowest BCUT2D eigenvalue weighted by Crippen LogP contribution is -2.23.